The van der Waals surface area contributed by atoms with Gasteiger partial charge in [0.2, 0.25) is 0 Å². The van der Waals surface area contributed by atoms with Gasteiger partial charge in [0.15, 0.2) is 6.61 Å². The quantitative estimate of drug-likeness (QED) is 0.757. The van der Waals surface area contributed by atoms with Crippen LogP contribution in [0.2, 0.25) is 5.02 Å². The molecule has 1 aromatic carbocycles. The first-order valence-electron chi connectivity index (χ1n) is 5.78. The summed E-state index contributed by atoms with van der Waals surface area (Å²) in [6, 6.07) is 5.50. The Morgan fingerprint density at radius 2 is 2.24 bits per heavy atom. The SMILES string of the molecule is CCOC(=O)COc1ccc(Cl)cc1C1CC1. The van der Waals surface area contributed by atoms with E-state index in [-0.39, 0.29) is 12.6 Å². The number of halogens is 1. The maximum Gasteiger partial charge on any atom is 0.344 e. The number of benzene rings is 1. The molecule has 0 aromatic heterocycles. The van der Waals surface area contributed by atoms with Crippen LogP contribution in [-0.4, -0.2) is 19.2 Å². The van der Waals surface area contributed by atoms with Crippen molar-refractivity contribution in [2.75, 3.05) is 13.2 Å². The Morgan fingerprint density at radius 1 is 1.47 bits per heavy atom. The predicted molar refractivity (Wildman–Crippen MR) is 65.6 cm³/mol. The Labute approximate surface area is 106 Å². The average molecular weight is 255 g/mol. The van der Waals surface area contributed by atoms with Crippen molar-refractivity contribution >= 4 is 17.6 Å². The molecule has 0 unspecified atom stereocenters. The van der Waals surface area contributed by atoms with Gasteiger partial charge >= 0.3 is 5.97 Å². The molecule has 1 saturated carbocycles. The van der Waals surface area contributed by atoms with Crippen molar-refractivity contribution in [3.63, 3.8) is 0 Å². The van der Waals surface area contributed by atoms with Gasteiger partial charge in [-0.25, -0.2) is 4.79 Å². The van der Waals surface area contributed by atoms with E-state index < -0.39 is 0 Å². The molecule has 0 radical (unpaired) electrons. The third-order valence-electron chi connectivity index (χ3n) is 2.64. The van der Waals surface area contributed by atoms with Crippen LogP contribution in [0.3, 0.4) is 0 Å². The van der Waals surface area contributed by atoms with Crippen molar-refractivity contribution in [2.45, 2.75) is 25.7 Å². The van der Waals surface area contributed by atoms with Gasteiger partial charge in [-0.1, -0.05) is 11.6 Å². The van der Waals surface area contributed by atoms with Crippen LogP contribution in [-0.2, 0) is 9.53 Å². The molecule has 1 fully saturated rings. The second-order valence-corrected chi connectivity index (χ2v) is 4.49. The van der Waals surface area contributed by atoms with Crippen molar-refractivity contribution in [3.8, 4) is 5.75 Å². The molecule has 0 N–H and O–H groups in total. The number of hydrogen-bond donors (Lipinski definition) is 0. The van der Waals surface area contributed by atoms with E-state index in [9.17, 15) is 4.79 Å². The van der Waals surface area contributed by atoms with Gasteiger partial charge in [-0.2, -0.15) is 0 Å². The standard InChI is InChI=1S/C13H15ClO3/c1-2-16-13(15)8-17-12-6-5-10(14)7-11(12)9-3-4-9/h5-7,9H,2-4,8H2,1H3. The lowest BCUT2D eigenvalue weighted by molar-refractivity contribution is -0.145. The molecule has 0 aliphatic heterocycles. The van der Waals surface area contributed by atoms with Crippen LogP contribution in [0.1, 0.15) is 31.2 Å². The van der Waals surface area contributed by atoms with Gasteiger partial charge in [0, 0.05) is 5.02 Å². The zero-order valence-corrected chi connectivity index (χ0v) is 10.5. The molecular formula is C13H15ClO3. The van der Waals surface area contributed by atoms with Crippen molar-refractivity contribution in [2.24, 2.45) is 0 Å². The van der Waals surface area contributed by atoms with Crippen molar-refractivity contribution in [1.82, 2.24) is 0 Å². The van der Waals surface area contributed by atoms with E-state index in [0.29, 0.717) is 17.5 Å². The molecule has 92 valence electrons. The Bertz CT molecular complexity index is 413. The fourth-order valence-corrected chi connectivity index (χ4v) is 1.88. The van der Waals surface area contributed by atoms with Crippen LogP contribution in [0.4, 0.5) is 0 Å². The molecule has 0 amide bonds. The van der Waals surface area contributed by atoms with E-state index in [0.717, 1.165) is 24.2 Å². The minimum Gasteiger partial charge on any atom is -0.482 e. The first-order chi connectivity index (χ1) is 8.20. The van der Waals surface area contributed by atoms with Gasteiger partial charge in [0.25, 0.3) is 0 Å². The molecule has 1 aliphatic rings. The lowest BCUT2D eigenvalue weighted by Gasteiger charge is -2.10. The molecular weight excluding hydrogens is 240 g/mol. The summed E-state index contributed by atoms with van der Waals surface area (Å²) in [5.41, 5.74) is 1.10. The molecule has 1 aliphatic carbocycles. The molecule has 3 nitrogen and oxygen atoms in total. The summed E-state index contributed by atoms with van der Waals surface area (Å²) >= 11 is 5.95. The van der Waals surface area contributed by atoms with Crippen LogP contribution >= 0.6 is 11.6 Å². The molecule has 0 heterocycles. The number of rotatable bonds is 5. The number of ether oxygens (including phenoxy) is 2. The highest BCUT2D eigenvalue weighted by atomic mass is 35.5. The largest absolute Gasteiger partial charge is 0.482 e. The number of carbonyl (C=O) groups excluding carboxylic acids is 1. The molecule has 2 rings (SSSR count). The summed E-state index contributed by atoms with van der Waals surface area (Å²) in [6.45, 7) is 2.10. The third kappa shape index (κ3) is 3.37. The lowest BCUT2D eigenvalue weighted by Crippen LogP contribution is -2.15. The third-order valence-corrected chi connectivity index (χ3v) is 2.87. The van der Waals surface area contributed by atoms with Crippen molar-refractivity contribution in [1.29, 1.82) is 0 Å². The normalized spacial score (nSPS) is 14.5. The molecule has 0 atom stereocenters. The summed E-state index contributed by atoms with van der Waals surface area (Å²) in [4.78, 5) is 11.2. The van der Waals surface area contributed by atoms with Crippen molar-refractivity contribution < 1.29 is 14.3 Å². The smallest absolute Gasteiger partial charge is 0.344 e. The number of carbonyl (C=O) groups is 1. The van der Waals surface area contributed by atoms with Gasteiger partial charge in [0.1, 0.15) is 5.75 Å². The summed E-state index contributed by atoms with van der Waals surface area (Å²) < 4.78 is 10.3. The van der Waals surface area contributed by atoms with Gasteiger partial charge in [0.05, 0.1) is 6.61 Å². The minimum atomic E-state index is -0.343. The van der Waals surface area contributed by atoms with E-state index in [2.05, 4.69) is 0 Å². The minimum absolute atomic E-state index is 0.0464. The van der Waals surface area contributed by atoms with Crippen LogP contribution in [0, 0.1) is 0 Å². The van der Waals surface area contributed by atoms with Crippen LogP contribution in [0.25, 0.3) is 0 Å². The van der Waals surface area contributed by atoms with Gasteiger partial charge in [-0.15, -0.1) is 0 Å². The van der Waals surface area contributed by atoms with E-state index in [1.165, 1.54) is 0 Å². The van der Waals surface area contributed by atoms with E-state index in [1.807, 2.05) is 12.1 Å². The van der Waals surface area contributed by atoms with E-state index in [1.54, 1.807) is 13.0 Å². The zero-order chi connectivity index (χ0) is 12.3. The monoisotopic (exact) mass is 254 g/mol. The highest BCUT2D eigenvalue weighted by Crippen LogP contribution is 2.45. The molecule has 1 aromatic rings. The Kier molecular flexibility index (Phi) is 3.89. The summed E-state index contributed by atoms with van der Waals surface area (Å²) in [7, 11) is 0. The van der Waals surface area contributed by atoms with Gasteiger partial charge in [-0.3, -0.25) is 0 Å². The summed E-state index contributed by atoms with van der Waals surface area (Å²) in [6.07, 6.45) is 2.33. The van der Waals surface area contributed by atoms with Crippen molar-refractivity contribution in [3.05, 3.63) is 28.8 Å². The fourth-order valence-electron chi connectivity index (χ4n) is 1.70. The summed E-state index contributed by atoms with van der Waals surface area (Å²) in [5.74, 6) is 0.931. The van der Waals surface area contributed by atoms with E-state index in [4.69, 9.17) is 21.1 Å². The first-order valence-corrected chi connectivity index (χ1v) is 6.16. The Balaban J connectivity index is 2.02. The molecule has 17 heavy (non-hydrogen) atoms. The lowest BCUT2D eigenvalue weighted by atomic mass is 10.1. The molecule has 4 heteroatoms. The highest BCUT2D eigenvalue weighted by Gasteiger charge is 2.27. The highest BCUT2D eigenvalue weighted by molar-refractivity contribution is 6.30. The molecule has 0 saturated heterocycles. The first kappa shape index (κ1) is 12.2. The average Bonchev–Trinajstić information content (AvgIpc) is 3.11. The Morgan fingerprint density at radius 3 is 2.88 bits per heavy atom. The fraction of sp³-hybridized carbons (Fsp3) is 0.462. The summed E-state index contributed by atoms with van der Waals surface area (Å²) in [5, 5.41) is 0.704. The second-order valence-electron chi connectivity index (χ2n) is 4.05. The number of hydrogen-bond acceptors (Lipinski definition) is 3. The maximum absolute atomic E-state index is 11.2. The maximum atomic E-state index is 11.2. The van der Waals surface area contributed by atoms with Crippen LogP contribution in [0.5, 0.6) is 5.75 Å². The molecule has 0 spiro atoms. The van der Waals surface area contributed by atoms with Crippen LogP contribution < -0.4 is 4.74 Å². The Hall–Kier alpha value is -1.22. The topological polar surface area (TPSA) is 35.5 Å². The van der Waals surface area contributed by atoms with Crippen LogP contribution in [0.15, 0.2) is 18.2 Å². The van der Waals surface area contributed by atoms with Gasteiger partial charge in [-0.05, 0) is 49.4 Å². The second kappa shape index (κ2) is 5.41. The predicted octanol–water partition coefficient (Wildman–Crippen LogP) is 3.16. The zero-order valence-electron chi connectivity index (χ0n) is 9.74. The molecule has 0 bridgehead atoms. The van der Waals surface area contributed by atoms with Gasteiger partial charge < -0.3 is 9.47 Å². The van der Waals surface area contributed by atoms with E-state index >= 15 is 0 Å². The number of esters is 1.